The van der Waals surface area contributed by atoms with Crippen LogP contribution in [0.4, 0.5) is 4.79 Å². The van der Waals surface area contributed by atoms with Gasteiger partial charge in [-0.2, -0.15) is 4.99 Å². The van der Waals surface area contributed by atoms with Crippen LogP contribution in [0.15, 0.2) is 29.3 Å². The minimum absolute atomic E-state index is 0.0914. The van der Waals surface area contributed by atoms with Crippen LogP contribution in [0.2, 0.25) is 0 Å². The summed E-state index contributed by atoms with van der Waals surface area (Å²) in [5.74, 6) is -2.97. The summed E-state index contributed by atoms with van der Waals surface area (Å²) in [6.07, 6.45) is -0.926. The van der Waals surface area contributed by atoms with Crippen molar-refractivity contribution in [3.05, 3.63) is 35.4 Å². The summed E-state index contributed by atoms with van der Waals surface area (Å²) < 4.78 is 4.41. The molecule has 0 aliphatic carbocycles. The van der Waals surface area contributed by atoms with Gasteiger partial charge in [0.1, 0.15) is 12.4 Å². The van der Waals surface area contributed by atoms with Crippen LogP contribution in [0.25, 0.3) is 0 Å². The van der Waals surface area contributed by atoms with Crippen molar-refractivity contribution in [2.45, 2.75) is 0 Å². The Hall–Kier alpha value is -3.96. The molecule has 1 aromatic carbocycles. The van der Waals surface area contributed by atoms with E-state index < -0.39 is 36.3 Å². The van der Waals surface area contributed by atoms with Crippen LogP contribution < -0.4 is 11.1 Å². The number of amidine groups is 1. The largest absolute Gasteiger partial charge is 0.480 e. The molecule has 0 aromatic heterocycles. The Kier molecular flexibility index (Phi) is 7.44. The number of nitrogens with two attached hydrogens (primary N) is 1. The number of carboxylic acids is 1. The number of carbonyl (C=O) groups excluding carboxylic acids is 4. The maximum absolute atomic E-state index is 12.5. The Labute approximate surface area is 171 Å². The molecule has 0 saturated carbocycles. The normalized spacial score (nSPS) is 14.3. The summed E-state index contributed by atoms with van der Waals surface area (Å²) in [5.41, 5.74) is 6.04. The highest BCUT2D eigenvalue weighted by Crippen LogP contribution is 2.09. The molecule has 0 unspecified atom stereocenters. The number of carboxylic acid groups (broad SMARTS) is 1. The Morgan fingerprint density at radius 2 is 1.87 bits per heavy atom. The Morgan fingerprint density at radius 3 is 2.47 bits per heavy atom. The van der Waals surface area contributed by atoms with E-state index in [9.17, 15) is 24.0 Å². The van der Waals surface area contributed by atoms with Gasteiger partial charge in [0.25, 0.3) is 5.91 Å². The molecule has 30 heavy (non-hydrogen) atoms. The molecule has 0 radical (unpaired) electrons. The first-order valence-corrected chi connectivity index (χ1v) is 8.80. The molecular formula is C18H21N5O7. The zero-order valence-electron chi connectivity index (χ0n) is 16.2. The van der Waals surface area contributed by atoms with Gasteiger partial charge >= 0.3 is 12.1 Å². The van der Waals surface area contributed by atoms with E-state index in [4.69, 9.17) is 10.8 Å². The molecule has 0 spiro atoms. The lowest BCUT2D eigenvalue weighted by Gasteiger charge is -2.33. The summed E-state index contributed by atoms with van der Waals surface area (Å²) in [6.45, 7) is -0.828. The standard InChI is InChI=1S/C18H21N5O7/c1-30-18(29)21-16(19)11-4-2-3-5-12(11)17(28)20-8-13(24)22-6-7-23(10-15(26)27)14(25)9-22/h2-5H,6-10H2,1H3,(H,20,28)(H,26,27)(H2,19,21,29). The molecule has 0 bridgehead atoms. The fourth-order valence-corrected chi connectivity index (χ4v) is 2.72. The van der Waals surface area contributed by atoms with Crippen LogP contribution in [0, 0.1) is 0 Å². The van der Waals surface area contributed by atoms with Crippen molar-refractivity contribution in [2.75, 3.05) is 39.8 Å². The van der Waals surface area contributed by atoms with E-state index in [1.54, 1.807) is 12.1 Å². The quantitative estimate of drug-likeness (QED) is 0.375. The summed E-state index contributed by atoms with van der Waals surface area (Å²) >= 11 is 0. The van der Waals surface area contributed by atoms with Gasteiger partial charge in [0.2, 0.25) is 11.8 Å². The maximum atomic E-state index is 12.5. The van der Waals surface area contributed by atoms with Crippen LogP contribution in [0.1, 0.15) is 15.9 Å². The van der Waals surface area contributed by atoms with Crippen molar-refractivity contribution in [1.29, 1.82) is 0 Å². The third-order valence-electron chi connectivity index (χ3n) is 4.23. The molecular weight excluding hydrogens is 398 g/mol. The second kappa shape index (κ2) is 10.0. The number of nitrogens with zero attached hydrogens (tertiary/aromatic N) is 3. The summed E-state index contributed by atoms with van der Waals surface area (Å²) in [5, 5.41) is 11.2. The smallest absolute Gasteiger partial charge is 0.435 e. The molecule has 160 valence electrons. The first kappa shape index (κ1) is 22.3. The van der Waals surface area contributed by atoms with Gasteiger partial charge in [-0.1, -0.05) is 18.2 Å². The third kappa shape index (κ3) is 5.77. The minimum Gasteiger partial charge on any atom is -0.480 e. The van der Waals surface area contributed by atoms with Gasteiger partial charge in [-0.25, -0.2) is 4.79 Å². The lowest BCUT2D eigenvalue weighted by molar-refractivity contribution is -0.150. The highest BCUT2D eigenvalue weighted by atomic mass is 16.5. The van der Waals surface area contributed by atoms with Crippen molar-refractivity contribution < 1.29 is 33.8 Å². The molecule has 12 nitrogen and oxygen atoms in total. The molecule has 0 atom stereocenters. The van der Waals surface area contributed by atoms with E-state index in [2.05, 4.69) is 15.0 Å². The van der Waals surface area contributed by atoms with Crippen molar-refractivity contribution in [3.63, 3.8) is 0 Å². The van der Waals surface area contributed by atoms with Gasteiger partial charge in [0.15, 0.2) is 0 Å². The molecule has 4 amide bonds. The number of rotatable bonds is 6. The van der Waals surface area contributed by atoms with Gasteiger partial charge < -0.3 is 30.7 Å². The van der Waals surface area contributed by atoms with E-state index in [0.717, 1.165) is 12.0 Å². The predicted octanol–water partition coefficient (Wildman–Crippen LogP) is -1.36. The second-order valence-corrected chi connectivity index (χ2v) is 6.22. The molecule has 1 aliphatic rings. The second-order valence-electron chi connectivity index (χ2n) is 6.22. The molecule has 1 aliphatic heterocycles. The minimum atomic E-state index is -1.14. The first-order chi connectivity index (χ1) is 14.2. The zero-order chi connectivity index (χ0) is 22.3. The fraction of sp³-hybridized carbons (Fsp3) is 0.333. The third-order valence-corrected chi connectivity index (χ3v) is 4.23. The lowest BCUT2D eigenvalue weighted by atomic mass is 10.1. The van der Waals surface area contributed by atoms with Crippen molar-refractivity contribution >= 4 is 35.6 Å². The number of hydrogen-bond donors (Lipinski definition) is 3. The number of nitrogens with one attached hydrogen (secondary N) is 1. The van der Waals surface area contributed by atoms with E-state index in [-0.39, 0.29) is 43.1 Å². The van der Waals surface area contributed by atoms with E-state index in [0.29, 0.717) is 0 Å². The highest BCUT2D eigenvalue weighted by molar-refractivity contribution is 6.11. The zero-order valence-corrected chi connectivity index (χ0v) is 16.2. The Bertz CT molecular complexity index is 899. The van der Waals surface area contributed by atoms with Crippen molar-refractivity contribution in [1.82, 2.24) is 15.1 Å². The van der Waals surface area contributed by atoms with E-state index in [1.165, 1.54) is 17.0 Å². The SMILES string of the molecule is COC(=O)N=C(N)c1ccccc1C(=O)NCC(=O)N1CCN(CC(=O)O)C(=O)C1. The number of carbonyl (C=O) groups is 5. The maximum Gasteiger partial charge on any atom is 0.435 e. The average molecular weight is 419 g/mol. The summed E-state index contributed by atoms with van der Waals surface area (Å²) in [6, 6.07) is 6.10. The molecule has 1 heterocycles. The summed E-state index contributed by atoms with van der Waals surface area (Å²) in [4.78, 5) is 64.7. The molecule has 1 aromatic rings. The predicted molar refractivity (Wildman–Crippen MR) is 103 cm³/mol. The molecule has 4 N–H and O–H groups in total. The number of hydrogen-bond acceptors (Lipinski definition) is 6. The average Bonchev–Trinajstić information content (AvgIpc) is 2.72. The molecule has 1 fully saturated rings. The van der Waals surface area contributed by atoms with Gasteiger partial charge in [-0.3, -0.25) is 19.2 Å². The van der Waals surface area contributed by atoms with Gasteiger partial charge in [-0.15, -0.1) is 0 Å². The van der Waals surface area contributed by atoms with Gasteiger partial charge in [0.05, 0.1) is 25.8 Å². The lowest BCUT2D eigenvalue weighted by Crippen LogP contribution is -2.55. The molecule has 1 saturated heterocycles. The molecule has 2 rings (SSSR count). The van der Waals surface area contributed by atoms with Crippen molar-refractivity contribution in [3.8, 4) is 0 Å². The van der Waals surface area contributed by atoms with Gasteiger partial charge in [0, 0.05) is 18.7 Å². The van der Waals surface area contributed by atoms with Crippen LogP contribution in [0.3, 0.4) is 0 Å². The molecule has 12 heteroatoms. The fourth-order valence-electron chi connectivity index (χ4n) is 2.72. The number of piperazine rings is 1. The Morgan fingerprint density at radius 1 is 1.20 bits per heavy atom. The first-order valence-electron chi connectivity index (χ1n) is 8.80. The van der Waals surface area contributed by atoms with Gasteiger partial charge in [-0.05, 0) is 6.07 Å². The monoisotopic (exact) mass is 419 g/mol. The van der Waals surface area contributed by atoms with E-state index >= 15 is 0 Å². The highest BCUT2D eigenvalue weighted by Gasteiger charge is 2.28. The number of benzene rings is 1. The van der Waals surface area contributed by atoms with Crippen LogP contribution in [0.5, 0.6) is 0 Å². The van der Waals surface area contributed by atoms with Crippen LogP contribution >= 0.6 is 0 Å². The van der Waals surface area contributed by atoms with Crippen LogP contribution in [-0.2, 0) is 19.1 Å². The van der Waals surface area contributed by atoms with Crippen LogP contribution in [-0.4, -0.2) is 90.4 Å². The number of aliphatic imine (C=N–C) groups is 1. The number of methoxy groups -OCH3 is 1. The van der Waals surface area contributed by atoms with Crippen molar-refractivity contribution in [2.24, 2.45) is 10.7 Å². The Balaban J connectivity index is 1.99. The van der Waals surface area contributed by atoms with E-state index in [1.807, 2.05) is 0 Å². The number of amides is 4. The topological polar surface area (TPSA) is 172 Å². The number of aliphatic carboxylic acids is 1. The summed E-state index contributed by atoms with van der Waals surface area (Å²) in [7, 11) is 1.13. The number of ether oxygens (including phenoxy) is 1.